The number of alkyl halides is 3. The molecule has 3 aromatic rings. The molecule has 8 heteroatoms. The van der Waals surface area contributed by atoms with E-state index < -0.39 is 11.7 Å². The van der Waals surface area contributed by atoms with Crippen molar-refractivity contribution in [2.24, 2.45) is 0 Å². The topological polar surface area (TPSA) is 42.0 Å². The van der Waals surface area contributed by atoms with Crippen LogP contribution < -0.4 is 5.32 Å². The molecule has 0 atom stereocenters. The van der Waals surface area contributed by atoms with E-state index in [2.05, 4.69) is 10.3 Å². The minimum Gasteiger partial charge on any atom is -0.298 e. The molecule has 0 aliphatic heterocycles. The van der Waals surface area contributed by atoms with Gasteiger partial charge in [0, 0.05) is 22.9 Å². The summed E-state index contributed by atoms with van der Waals surface area (Å²) in [5.74, 6) is -0.254. The SMILES string of the molecule is O=C(Nc1ncc(Cc2cccc(C(F)(F)F)c2)s1)c1ccsc1. The summed E-state index contributed by atoms with van der Waals surface area (Å²) in [6.07, 6.45) is -2.46. The molecular weight excluding hydrogens is 357 g/mol. The highest BCUT2D eigenvalue weighted by Gasteiger charge is 2.30. The van der Waals surface area contributed by atoms with Crippen molar-refractivity contribution in [1.82, 2.24) is 4.98 Å². The Morgan fingerprint density at radius 2 is 2.08 bits per heavy atom. The predicted octanol–water partition coefficient (Wildman–Crippen LogP) is 5.07. The van der Waals surface area contributed by atoms with E-state index in [1.165, 1.54) is 28.7 Å². The highest BCUT2D eigenvalue weighted by Crippen LogP contribution is 2.30. The molecule has 1 aromatic carbocycles. The van der Waals surface area contributed by atoms with Gasteiger partial charge in [0.15, 0.2) is 5.13 Å². The molecule has 0 unspecified atom stereocenters. The maximum Gasteiger partial charge on any atom is 0.416 e. The summed E-state index contributed by atoms with van der Waals surface area (Å²) in [4.78, 5) is 16.8. The molecule has 1 N–H and O–H groups in total. The van der Waals surface area contributed by atoms with Crippen molar-refractivity contribution in [1.29, 1.82) is 0 Å². The van der Waals surface area contributed by atoms with E-state index in [0.29, 0.717) is 22.7 Å². The third-order valence-corrected chi connectivity index (χ3v) is 4.79. The van der Waals surface area contributed by atoms with Gasteiger partial charge in [0.1, 0.15) is 0 Å². The molecule has 2 aromatic heterocycles. The summed E-state index contributed by atoms with van der Waals surface area (Å²) in [6, 6.07) is 6.90. The molecule has 0 spiro atoms. The first-order chi connectivity index (χ1) is 11.4. The number of thiazole rings is 1. The number of hydrogen-bond donors (Lipinski definition) is 1. The molecule has 1 amide bonds. The van der Waals surface area contributed by atoms with Crippen LogP contribution in [0.5, 0.6) is 0 Å². The van der Waals surface area contributed by atoms with Crippen LogP contribution in [0, 0.1) is 0 Å². The smallest absolute Gasteiger partial charge is 0.298 e. The lowest BCUT2D eigenvalue weighted by molar-refractivity contribution is -0.137. The number of aromatic nitrogens is 1. The van der Waals surface area contributed by atoms with Crippen LogP contribution in [0.25, 0.3) is 0 Å². The van der Waals surface area contributed by atoms with Crippen LogP contribution in [0.2, 0.25) is 0 Å². The first-order valence-electron chi connectivity index (χ1n) is 6.86. The zero-order valence-corrected chi connectivity index (χ0v) is 13.8. The Bertz CT molecular complexity index is 841. The Morgan fingerprint density at radius 1 is 1.25 bits per heavy atom. The summed E-state index contributed by atoms with van der Waals surface area (Å²) in [5, 5.41) is 6.64. The molecule has 3 rings (SSSR count). The van der Waals surface area contributed by atoms with Gasteiger partial charge in [-0.15, -0.1) is 11.3 Å². The van der Waals surface area contributed by atoms with Crippen molar-refractivity contribution >= 4 is 33.7 Å². The molecule has 24 heavy (non-hydrogen) atoms. The van der Waals surface area contributed by atoms with Gasteiger partial charge in [0.25, 0.3) is 5.91 Å². The number of nitrogens with one attached hydrogen (secondary N) is 1. The van der Waals surface area contributed by atoms with E-state index in [-0.39, 0.29) is 5.91 Å². The molecule has 0 bridgehead atoms. The van der Waals surface area contributed by atoms with Gasteiger partial charge in [0.05, 0.1) is 11.1 Å². The van der Waals surface area contributed by atoms with E-state index in [0.717, 1.165) is 17.0 Å². The van der Waals surface area contributed by atoms with Gasteiger partial charge in [-0.05, 0) is 23.1 Å². The van der Waals surface area contributed by atoms with Crippen molar-refractivity contribution in [3.05, 3.63) is 68.9 Å². The number of benzene rings is 1. The fraction of sp³-hybridized carbons (Fsp3) is 0.125. The molecular formula is C16H11F3N2OS2. The van der Waals surface area contributed by atoms with Gasteiger partial charge in [-0.2, -0.15) is 24.5 Å². The maximum atomic E-state index is 12.7. The summed E-state index contributed by atoms with van der Waals surface area (Å²) in [7, 11) is 0. The van der Waals surface area contributed by atoms with Gasteiger partial charge >= 0.3 is 6.18 Å². The third kappa shape index (κ3) is 4.01. The quantitative estimate of drug-likeness (QED) is 0.699. The van der Waals surface area contributed by atoms with Gasteiger partial charge in [-0.1, -0.05) is 18.2 Å². The minimum atomic E-state index is -4.36. The Morgan fingerprint density at radius 3 is 2.79 bits per heavy atom. The van der Waals surface area contributed by atoms with E-state index in [1.54, 1.807) is 29.1 Å². The monoisotopic (exact) mass is 368 g/mol. The van der Waals surface area contributed by atoms with E-state index in [1.807, 2.05) is 0 Å². The zero-order chi connectivity index (χ0) is 17.2. The summed E-state index contributed by atoms with van der Waals surface area (Å²) >= 11 is 2.66. The molecule has 0 aliphatic carbocycles. The van der Waals surface area contributed by atoms with E-state index in [9.17, 15) is 18.0 Å². The Labute approximate surface area is 143 Å². The molecule has 2 heterocycles. The van der Waals surface area contributed by atoms with E-state index in [4.69, 9.17) is 0 Å². The second kappa shape index (κ2) is 6.74. The summed E-state index contributed by atoms with van der Waals surface area (Å²) in [6.45, 7) is 0. The van der Waals surface area contributed by atoms with Crippen LogP contribution in [0.4, 0.5) is 18.3 Å². The second-order valence-electron chi connectivity index (χ2n) is 4.97. The lowest BCUT2D eigenvalue weighted by atomic mass is 10.1. The number of hydrogen-bond acceptors (Lipinski definition) is 4. The van der Waals surface area contributed by atoms with Gasteiger partial charge < -0.3 is 0 Å². The lowest BCUT2D eigenvalue weighted by Crippen LogP contribution is -2.10. The van der Waals surface area contributed by atoms with Crippen LogP contribution in [0.3, 0.4) is 0 Å². The predicted molar refractivity (Wildman–Crippen MR) is 88.6 cm³/mol. The van der Waals surface area contributed by atoms with Crippen LogP contribution in [-0.2, 0) is 12.6 Å². The van der Waals surface area contributed by atoms with Crippen LogP contribution in [0.15, 0.2) is 47.3 Å². The number of carbonyl (C=O) groups is 1. The highest BCUT2D eigenvalue weighted by molar-refractivity contribution is 7.15. The average Bonchev–Trinajstić information content (AvgIpc) is 3.18. The molecule has 0 fully saturated rings. The Hall–Kier alpha value is -2.19. The first kappa shape index (κ1) is 16.7. The molecule has 0 saturated heterocycles. The summed E-state index contributed by atoms with van der Waals surface area (Å²) in [5.41, 5.74) is 0.425. The number of nitrogens with zero attached hydrogens (tertiary/aromatic N) is 1. The van der Waals surface area contributed by atoms with Crippen LogP contribution in [-0.4, -0.2) is 10.9 Å². The lowest BCUT2D eigenvalue weighted by Gasteiger charge is -2.07. The molecule has 0 saturated carbocycles. The first-order valence-corrected chi connectivity index (χ1v) is 8.62. The molecule has 0 aliphatic rings. The van der Waals surface area contributed by atoms with Crippen molar-refractivity contribution in [2.45, 2.75) is 12.6 Å². The number of rotatable bonds is 4. The number of anilines is 1. The van der Waals surface area contributed by atoms with Crippen molar-refractivity contribution < 1.29 is 18.0 Å². The normalized spacial score (nSPS) is 11.5. The van der Waals surface area contributed by atoms with Crippen molar-refractivity contribution in [3.63, 3.8) is 0 Å². The Balaban J connectivity index is 1.69. The fourth-order valence-electron chi connectivity index (χ4n) is 2.07. The van der Waals surface area contributed by atoms with Crippen molar-refractivity contribution in [3.8, 4) is 0 Å². The molecule has 3 nitrogen and oxygen atoms in total. The van der Waals surface area contributed by atoms with Gasteiger partial charge in [0.2, 0.25) is 0 Å². The van der Waals surface area contributed by atoms with Crippen LogP contribution >= 0.6 is 22.7 Å². The standard InChI is InChI=1S/C16H11F3N2OS2/c17-16(18,19)12-3-1-2-10(6-12)7-13-8-20-15(24-13)21-14(22)11-4-5-23-9-11/h1-6,8-9H,7H2,(H,20,21,22). The number of halogens is 3. The third-order valence-electron chi connectivity index (χ3n) is 3.19. The fourth-order valence-corrected chi connectivity index (χ4v) is 3.55. The van der Waals surface area contributed by atoms with Gasteiger partial charge in [-0.3, -0.25) is 10.1 Å². The average molecular weight is 368 g/mol. The summed E-state index contributed by atoms with van der Waals surface area (Å²) < 4.78 is 38.2. The highest BCUT2D eigenvalue weighted by atomic mass is 32.1. The van der Waals surface area contributed by atoms with E-state index >= 15 is 0 Å². The Kier molecular flexibility index (Phi) is 4.68. The number of thiophene rings is 1. The largest absolute Gasteiger partial charge is 0.416 e. The molecule has 124 valence electrons. The number of carbonyl (C=O) groups excluding carboxylic acids is 1. The van der Waals surface area contributed by atoms with Crippen molar-refractivity contribution in [2.75, 3.05) is 5.32 Å². The number of amides is 1. The second-order valence-corrected chi connectivity index (χ2v) is 6.87. The van der Waals surface area contributed by atoms with Crippen LogP contribution in [0.1, 0.15) is 26.4 Å². The maximum absolute atomic E-state index is 12.7. The zero-order valence-electron chi connectivity index (χ0n) is 12.1. The minimum absolute atomic E-state index is 0.254. The molecule has 0 radical (unpaired) electrons. The van der Waals surface area contributed by atoms with Gasteiger partial charge in [-0.25, -0.2) is 4.98 Å².